The van der Waals surface area contributed by atoms with Crippen molar-refractivity contribution < 1.29 is 19.5 Å². The molecule has 3 fully saturated rings. The van der Waals surface area contributed by atoms with Crippen LogP contribution in [-0.2, 0) is 9.59 Å². The zero-order chi connectivity index (χ0) is 15.4. The van der Waals surface area contributed by atoms with E-state index in [2.05, 4.69) is 5.32 Å². The summed E-state index contributed by atoms with van der Waals surface area (Å²) in [5.74, 6) is -1.29. The number of hydrogen-bond acceptors (Lipinski definition) is 4. The van der Waals surface area contributed by atoms with Crippen molar-refractivity contribution in [3.05, 3.63) is 0 Å². The summed E-state index contributed by atoms with van der Waals surface area (Å²) in [6.45, 7) is 5.08. The number of carbonyl (C=O) groups is 3. The van der Waals surface area contributed by atoms with Gasteiger partial charge in [-0.3, -0.25) is 4.79 Å². The Morgan fingerprint density at radius 1 is 1.33 bits per heavy atom. The Labute approximate surface area is 127 Å². The molecular formula is C13H19N3O4S. The highest BCUT2D eigenvalue weighted by molar-refractivity contribution is 8.01. The number of carboxylic acid groups (broad SMARTS) is 1. The molecule has 0 aliphatic carbocycles. The minimum absolute atomic E-state index is 0.220. The van der Waals surface area contributed by atoms with Gasteiger partial charge in [-0.2, -0.15) is 0 Å². The molecule has 116 valence electrons. The maximum Gasteiger partial charge on any atom is 0.327 e. The molecule has 0 spiro atoms. The average molecular weight is 313 g/mol. The summed E-state index contributed by atoms with van der Waals surface area (Å²) in [7, 11) is 0. The van der Waals surface area contributed by atoms with Crippen molar-refractivity contribution in [3.63, 3.8) is 0 Å². The van der Waals surface area contributed by atoms with Crippen LogP contribution in [0.3, 0.4) is 0 Å². The van der Waals surface area contributed by atoms with Crippen molar-refractivity contribution in [2.75, 3.05) is 13.1 Å². The molecule has 3 saturated heterocycles. The molecule has 0 radical (unpaired) electrons. The van der Waals surface area contributed by atoms with Crippen LogP contribution in [-0.4, -0.2) is 68.1 Å². The Hall–Kier alpha value is -1.44. The van der Waals surface area contributed by atoms with Crippen LogP contribution in [0.1, 0.15) is 26.7 Å². The fourth-order valence-corrected chi connectivity index (χ4v) is 4.92. The number of aliphatic carboxylic acids is 1. The number of rotatable bonds is 2. The molecule has 3 heterocycles. The van der Waals surface area contributed by atoms with Crippen LogP contribution < -0.4 is 5.32 Å². The number of amides is 3. The van der Waals surface area contributed by atoms with Gasteiger partial charge >= 0.3 is 12.0 Å². The Kier molecular flexibility index (Phi) is 3.31. The van der Waals surface area contributed by atoms with E-state index in [1.54, 1.807) is 4.90 Å². The fourth-order valence-electron chi connectivity index (χ4n) is 3.29. The highest BCUT2D eigenvalue weighted by Gasteiger charge is 2.64. The van der Waals surface area contributed by atoms with Crippen LogP contribution >= 0.6 is 11.8 Å². The van der Waals surface area contributed by atoms with Crippen molar-refractivity contribution in [2.45, 2.75) is 48.9 Å². The van der Waals surface area contributed by atoms with Gasteiger partial charge in [0.25, 0.3) is 0 Å². The molecule has 0 bridgehead atoms. The number of carboxylic acids is 1. The van der Waals surface area contributed by atoms with E-state index in [1.807, 2.05) is 13.8 Å². The number of β-lactam (4-membered cyclic amide) rings is 1. The standard InChI is InChI=1S/C13H19N3O4S/c1-13(2)8(11(18)19)16-9(17)7(10(16)21-13)14-12(20)15-5-3-4-6-15/h7-8,10H,3-6H2,1-2H3,(H,14,20)(H,18,19)/t7?,8-,10+/m0/s1. The predicted molar refractivity (Wildman–Crippen MR) is 76.9 cm³/mol. The van der Waals surface area contributed by atoms with Gasteiger partial charge in [0.05, 0.1) is 0 Å². The van der Waals surface area contributed by atoms with Crippen LogP contribution in [0.4, 0.5) is 4.79 Å². The van der Waals surface area contributed by atoms with Crippen molar-refractivity contribution in [1.82, 2.24) is 15.1 Å². The molecule has 3 rings (SSSR count). The lowest BCUT2D eigenvalue weighted by Crippen LogP contribution is -2.71. The number of thioether (sulfide) groups is 1. The molecular weight excluding hydrogens is 294 g/mol. The summed E-state index contributed by atoms with van der Waals surface area (Å²) in [5.41, 5.74) is 0. The first-order valence-corrected chi connectivity index (χ1v) is 7.99. The Morgan fingerprint density at radius 2 is 1.95 bits per heavy atom. The zero-order valence-electron chi connectivity index (χ0n) is 12.0. The van der Waals surface area contributed by atoms with Gasteiger partial charge in [-0.1, -0.05) is 0 Å². The number of likely N-dealkylation sites (tertiary alicyclic amines) is 1. The largest absolute Gasteiger partial charge is 0.480 e. The minimum Gasteiger partial charge on any atom is -0.480 e. The predicted octanol–water partition coefficient (Wildman–Crippen LogP) is 0.307. The third-order valence-electron chi connectivity index (χ3n) is 4.35. The van der Waals surface area contributed by atoms with Crippen LogP contribution in [0, 0.1) is 0 Å². The number of nitrogens with one attached hydrogen (secondary N) is 1. The Morgan fingerprint density at radius 3 is 2.52 bits per heavy atom. The molecule has 1 unspecified atom stereocenters. The highest BCUT2D eigenvalue weighted by Crippen LogP contribution is 2.50. The second-order valence-corrected chi connectivity index (χ2v) is 7.99. The van der Waals surface area contributed by atoms with Gasteiger partial charge in [0.2, 0.25) is 5.91 Å². The van der Waals surface area contributed by atoms with Crippen molar-refractivity contribution in [1.29, 1.82) is 0 Å². The summed E-state index contributed by atoms with van der Waals surface area (Å²) in [4.78, 5) is 38.8. The van der Waals surface area contributed by atoms with E-state index >= 15 is 0 Å². The SMILES string of the molecule is CC1(C)S[C@@H]2C(NC(=O)N3CCCC3)C(=O)N2[C@H]1C(=O)O. The first-order valence-electron chi connectivity index (χ1n) is 7.11. The fraction of sp³-hybridized carbons (Fsp3) is 0.769. The molecule has 0 aromatic rings. The molecule has 0 aromatic carbocycles. The second kappa shape index (κ2) is 4.79. The molecule has 3 aliphatic rings. The third-order valence-corrected chi connectivity index (χ3v) is 5.92. The lowest BCUT2D eigenvalue weighted by molar-refractivity contribution is -0.159. The van der Waals surface area contributed by atoms with Crippen LogP contribution in [0.15, 0.2) is 0 Å². The molecule has 2 N–H and O–H groups in total. The smallest absolute Gasteiger partial charge is 0.327 e. The van der Waals surface area contributed by atoms with E-state index in [0.717, 1.165) is 25.9 Å². The van der Waals surface area contributed by atoms with Crippen LogP contribution in [0.25, 0.3) is 0 Å². The average Bonchev–Trinajstić information content (AvgIpc) is 3.00. The number of fused-ring (bicyclic) bond motifs is 1. The lowest BCUT2D eigenvalue weighted by atomic mass is 9.96. The maximum absolute atomic E-state index is 12.2. The number of nitrogens with zero attached hydrogens (tertiary/aromatic N) is 2. The van der Waals surface area contributed by atoms with Gasteiger partial charge in [0.15, 0.2) is 0 Å². The van der Waals surface area contributed by atoms with Crippen molar-refractivity contribution in [2.24, 2.45) is 0 Å². The monoisotopic (exact) mass is 313 g/mol. The van der Waals surface area contributed by atoms with Gasteiger partial charge in [0.1, 0.15) is 17.5 Å². The molecule has 0 aromatic heterocycles. The van der Waals surface area contributed by atoms with Crippen LogP contribution in [0.5, 0.6) is 0 Å². The molecule has 7 nitrogen and oxygen atoms in total. The topological polar surface area (TPSA) is 90.0 Å². The molecule has 3 atom stereocenters. The van der Waals surface area contributed by atoms with Gasteiger partial charge in [0, 0.05) is 17.8 Å². The quantitative estimate of drug-likeness (QED) is 0.716. The summed E-state index contributed by atoms with van der Waals surface area (Å²) < 4.78 is -0.556. The molecule has 3 amide bonds. The van der Waals surface area contributed by atoms with E-state index < -0.39 is 22.8 Å². The Balaban J connectivity index is 1.70. The van der Waals surface area contributed by atoms with Crippen molar-refractivity contribution in [3.8, 4) is 0 Å². The van der Waals surface area contributed by atoms with E-state index in [9.17, 15) is 19.5 Å². The summed E-state index contributed by atoms with van der Waals surface area (Å²) in [5, 5.41) is 11.8. The first kappa shape index (κ1) is 14.5. The summed E-state index contributed by atoms with van der Waals surface area (Å²) in [6, 6.07) is -1.66. The number of hydrogen-bond donors (Lipinski definition) is 2. The minimum atomic E-state index is -0.993. The van der Waals surface area contributed by atoms with Gasteiger partial charge < -0.3 is 20.2 Å². The van der Waals surface area contributed by atoms with Crippen LogP contribution in [0.2, 0.25) is 0 Å². The summed E-state index contributed by atoms with van der Waals surface area (Å²) >= 11 is 1.44. The number of urea groups is 1. The molecule has 0 saturated carbocycles. The molecule has 8 heteroatoms. The third kappa shape index (κ3) is 2.16. The van der Waals surface area contributed by atoms with E-state index in [1.165, 1.54) is 16.7 Å². The van der Waals surface area contributed by atoms with Gasteiger partial charge in [-0.05, 0) is 26.7 Å². The van der Waals surface area contributed by atoms with Gasteiger partial charge in [-0.25, -0.2) is 9.59 Å². The first-order chi connectivity index (χ1) is 9.83. The van der Waals surface area contributed by atoms with Gasteiger partial charge in [-0.15, -0.1) is 11.8 Å². The molecule has 3 aliphatic heterocycles. The van der Waals surface area contributed by atoms with E-state index in [4.69, 9.17) is 0 Å². The second-order valence-electron chi connectivity index (χ2n) is 6.22. The molecule has 21 heavy (non-hydrogen) atoms. The highest BCUT2D eigenvalue weighted by atomic mass is 32.2. The Bertz CT molecular complexity index is 504. The lowest BCUT2D eigenvalue weighted by Gasteiger charge is -2.43. The van der Waals surface area contributed by atoms with Crippen molar-refractivity contribution >= 4 is 29.7 Å². The summed E-state index contributed by atoms with van der Waals surface area (Å²) in [6.07, 6.45) is 1.98. The number of carbonyl (C=O) groups excluding carboxylic acids is 2. The van der Waals surface area contributed by atoms with E-state index in [-0.39, 0.29) is 17.3 Å². The zero-order valence-corrected chi connectivity index (χ0v) is 12.9. The normalized spacial score (nSPS) is 33.6. The van der Waals surface area contributed by atoms with E-state index in [0.29, 0.717) is 0 Å². The maximum atomic E-state index is 12.2.